The van der Waals surface area contributed by atoms with Gasteiger partial charge in [0.1, 0.15) is 19.3 Å². The summed E-state index contributed by atoms with van der Waals surface area (Å²) in [5.41, 5.74) is 0. The molecule has 2 unspecified atom stereocenters. The summed E-state index contributed by atoms with van der Waals surface area (Å²) in [5.74, 6) is -0.636. The number of carbonyl (C=O) groups excluding carboxylic acids is 4. The zero-order chi connectivity index (χ0) is 70.7. The highest BCUT2D eigenvalue weighted by Crippen LogP contribution is 2.45. The molecule has 0 fully saturated rings. The van der Waals surface area contributed by atoms with Crippen molar-refractivity contribution < 1.29 is 80.2 Å². The van der Waals surface area contributed by atoms with Crippen LogP contribution in [0.4, 0.5) is 0 Å². The molecule has 0 rings (SSSR count). The molecule has 0 amide bonds. The summed E-state index contributed by atoms with van der Waals surface area (Å²) < 4.78 is 68.5. The molecular weight excluding hydrogens is 1260 g/mol. The molecule has 96 heavy (non-hydrogen) atoms. The molecule has 0 aromatic heterocycles. The molecule has 0 aliphatic rings. The SMILES string of the molecule is CCCCCC/C=C\C=C/CCCCCCCC(=O)O[C@H](COC(=O)CCCCCCCCCCCCCCCCC)COP(=O)(O)OC[C@@H](O)COP(=O)(O)OC[C@@H](COC(=O)CCCCCCCCCCCCC(C)C)OC(=O)CCCCCCCCCCCCC(C)C. The van der Waals surface area contributed by atoms with Gasteiger partial charge >= 0.3 is 39.5 Å². The number of ether oxygens (including phenoxy) is 4. The molecule has 5 atom stereocenters. The van der Waals surface area contributed by atoms with E-state index in [0.29, 0.717) is 25.7 Å². The van der Waals surface area contributed by atoms with Crippen LogP contribution in [0, 0.1) is 11.8 Å². The largest absolute Gasteiger partial charge is 0.472 e. The van der Waals surface area contributed by atoms with E-state index in [0.717, 1.165) is 115 Å². The normalized spacial score (nSPS) is 14.2. The van der Waals surface area contributed by atoms with Crippen LogP contribution >= 0.6 is 15.6 Å². The van der Waals surface area contributed by atoms with Crippen LogP contribution in [0.15, 0.2) is 24.3 Å². The van der Waals surface area contributed by atoms with E-state index in [-0.39, 0.29) is 25.7 Å². The highest BCUT2D eigenvalue weighted by molar-refractivity contribution is 7.47. The number of carbonyl (C=O) groups is 4. The molecule has 0 saturated heterocycles. The summed E-state index contributed by atoms with van der Waals surface area (Å²) in [6.07, 6.45) is 59.0. The minimum Gasteiger partial charge on any atom is -0.462 e. The average Bonchev–Trinajstić information content (AvgIpc) is 1.12. The lowest BCUT2D eigenvalue weighted by Crippen LogP contribution is -2.30. The summed E-state index contributed by atoms with van der Waals surface area (Å²) in [4.78, 5) is 72.9. The Hall–Kier alpha value is -2.46. The third-order valence-corrected chi connectivity index (χ3v) is 19.2. The van der Waals surface area contributed by atoms with E-state index in [1.54, 1.807) is 0 Å². The zero-order valence-corrected chi connectivity index (χ0v) is 63.9. The third kappa shape index (κ3) is 70.0. The molecular formula is C77H146O17P2. The number of aliphatic hydroxyl groups excluding tert-OH is 1. The van der Waals surface area contributed by atoms with E-state index >= 15 is 0 Å². The Morgan fingerprint density at radius 2 is 0.562 bits per heavy atom. The molecule has 0 bridgehead atoms. The fourth-order valence-corrected chi connectivity index (χ4v) is 12.9. The minimum absolute atomic E-state index is 0.0854. The number of allylic oxidation sites excluding steroid dienone is 4. The van der Waals surface area contributed by atoms with Gasteiger partial charge in [0.25, 0.3) is 0 Å². The first kappa shape index (κ1) is 93.5. The molecule has 0 radical (unpaired) electrons. The first-order valence-electron chi connectivity index (χ1n) is 39.3. The number of phosphoric acid groups is 2. The van der Waals surface area contributed by atoms with E-state index in [1.165, 1.54) is 180 Å². The van der Waals surface area contributed by atoms with Crippen LogP contribution in [0.2, 0.25) is 0 Å². The third-order valence-electron chi connectivity index (χ3n) is 17.3. The van der Waals surface area contributed by atoms with Crippen molar-refractivity contribution in [2.75, 3.05) is 39.6 Å². The Morgan fingerprint density at radius 1 is 0.323 bits per heavy atom. The second-order valence-electron chi connectivity index (χ2n) is 28.0. The van der Waals surface area contributed by atoms with Gasteiger partial charge in [0.2, 0.25) is 0 Å². The van der Waals surface area contributed by atoms with Crippen LogP contribution in [0.3, 0.4) is 0 Å². The molecule has 17 nitrogen and oxygen atoms in total. The fourth-order valence-electron chi connectivity index (χ4n) is 11.3. The monoisotopic (exact) mass is 1410 g/mol. The van der Waals surface area contributed by atoms with Crippen molar-refractivity contribution in [3.63, 3.8) is 0 Å². The lowest BCUT2D eigenvalue weighted by molar-refractivity contribution is -0.161. The smallest absolute Gasteiger partial charge is 0.462 e. The van der Waals surface area contributed by atoms with Crippen LogP contribution < -0.4 is 0 Å². The van der Waals surface area contributed by atoms with Gasteiger partial charge < -0.3 is 33.8 Å². The van der Waals surface area contributed by atoms with Crippen LogP contribution in [0.25, 0.3) is 0 Å². The molecule has 0 heterocycles. The van der Waals surface area contributed by atoms with E-state index in [1.807, 2.05) is 0 Å². The number of esters is 4. The number of hydrogen-bond donors (Lipinski definition) is 3. The van der Waals surface area contributed by atoms with Gasteiger partial charge in [-0.1, -0.05) is 323 Å². The molecule has 0 aromatic rings. The van der Waals surface area contributed by atoms with Crippen LogP contribution in [-0.2, 0) is 65.4 Å². The highest BCUT2D eigenvalue weighted by atomic mass is 31.2. The first-order valence-corrected chi connectivity index (χ1v) is 42.3. The quantitative estimate of drug-likeness (QED) is 0.0169. The topological polar surface area (TPSA) is 237 Å². The van der Waals surface area contributed by atoms with Crippen molar-refractivity contribution in [3.8, 4) is 0 Å². The summed E-state index contributed by atoms with van der Waals surface area (Å²) >= 11 is 0. The number of rotatable bonds is 74. The van der Waals surface area contributed by atoms with E-state index in [2.05, 4.69) is 65.8 Å². The maximum atomic E-state index is 13.1. The van der Waals surface area contributed by atoms with Gasteiger partial charge in [-0.3, -0.25) is 37.3 Å². The van der Waals surface area contributed by atoms with E-state index in [4.69, 9.17) is 37.0 Å². The Labute approximate surface area is 586 Å². The van der Waals surface area contributed by atoms with E-state index in [9.17, 15) is 43.2 Å². The van der Waals surface area contributed by atoms with Crippen molar-refractivity contribution >= 4 is 39.5 Å². The molecule has 0 aliphatic carbocycles. The predicted molar refractivity (Wildman–Crippen MR) is 391 cm³/mol. The maximum Gasteiger partial charge on any atom is 0.472 e. The Kier molecular flexibility index (Phi) is 66.6. The van der Waals surface area contributed by atoms with Gasteiger partial charge in [-0.25, -0.2) is 9.13 Å². The number of unbranched alkanes of at least 4 members (excludes halogenated alkanes) is 41. The van der Waals surface area contributed by atoms with Gasteiger partial charge in [-0.05, 0) is 63.2 Å². The summed E-state index contributed by atoms with van der Waals surface area (Å²) in [6, 6.07) is 0. The van der Waals surface area contributed by atoms with Crippen LogP contribution in [0.5, 0.6) is 0 Å². The Balaban J connectivity index is 5.30. The lowest BCUT2D eigenvalue weighted by Gasteiger charge is -2.21. The predicted octanol–water partition coefficient (Wildman–Crippen LogP) is 22.3. The Bertz CT molecular complexity index is 1950. The lowest BCUT2D eigenvalue weighted by atomic mass is 10.0. The number of hydrogen-bond acceptors (Lipinski definition) is 15. The van der Waals surface area contributed by atoms with E-state index < -0.39 is 97.5 Å². The average molecular weight is 1410 g/mol. The van der Waals surface area contributed by atoms with Crippen molar-refractivity contribution in [2.24, 2.45) is 11.8 Å². The molecule has 566 valence electrons. The summed E-state index contributed by atoms with van der Waals surface area (Å²) in [6.45, 7) is 9.52. The van der Waals surface area contributed by atoms with Crippen LogP contribution in [-0.4, -0.2) is 96.7 Å². The maximum absolute atomic E-state index is 13.1. The number of phosphoric ester groups is 2. The molecule has 0 spiro atoms. The van der Waals surface area contributed by atoms with Crippen molar-refractivity contribution in [1.82, 2.24) is 0 Å². The first-order chi connectivity index (χ1) is 46.4. The molecule has 0 saturated carbocycles. The Morgan fingerprint density at radius 3 is 0.854 bits per heavy atom. The van der Waals surface area contributed by atoms with Crippen molar-refractivity contribution in [3.05, 3.63) is 24.3 Å². The fraction of sp³-hybridized carbons (Fsp3) is 0.896. The minimum atomic E-state index is -4.97. The second-order valence-corrected chi connectivity index (χ2v) is 30.9. The van der Waals surface area contributed by atoms with Crippen molar-refractivity contribution in [2.45, 2.75) is 394 Å². The second kappa shape index (κ2) is 68.3. The molecule has 3 N–H and O–H groups in total. The standard InChI is InChI=1S/C77H146O17P2/c1-7-9-11-13-15-17-19-21-23-25-27-35-41-47-53-59-74(79)87-65-72(93-76(81)61-55-49-43-37-28-26-24-22-20-18-16-14-12-10-8-2)67-91-95(83,84)89-63-71(78)64-90-96(85,86)92-68-73(94-77(82)62-56-50-44-38-32-30-34-40-46-52-58-70(5)6)66-88-75(80)60-54-48-42-36-31-29-33-39-45-51-57-69(3)4/h18,20,22,24,69-73,78H,7-17,19,21,23,25-68H2,1-6H3,(H,83,84)(H,85,86)/b20-18-,24-22-/t71-,72-,73-/m1/s1. The van der Waals surface area contributed by atoms with Gasteiger partial charge in [-0.2, -0.15) is 0 Å². The van der Waals surface area contributed by atoms with Gasteiger partial charge in [0.15, 0.2) is 12.2 Å². The summed E-state index contributed by atoms with van der Waals surface area (Å²) in [5, 5.41) is 10.6. The number of aliphatic hydroxyl groups is 1. The van der Waals surface area contributed by atoms with Crippen LogP contribution in [0.1, 0.15) is 375 Å². The summed E-state index contributed by atoms with van der Waals surface area (Å²) in [7, 11) is -9.93. The van der Waals surface area contributed by atoms with Gasteiger partial charge in [0, 0.05) is 25.7 Å². The zero-order valence-electron chi connectivity index (χ0n) is 62.2. The van der Waals surface area contributed by atoms with Gasteiger partial charge in [0.05, 0.1) is 26.4 Å². The molecule has 0 aliphatic heterocycles. The van der Waals surface area contributed by atoms with Crippen molar-refractivity contribution in [1.29, 1.82) is 0 Å². The highest BCUT2D eigenvalue weighted by Gasteiger charge is 2.30. The molecule has 19 heteroatoms. The molecule has 0 aromatic carbocycles. The van der Waals surface area contributed by atoms with Gasteiger partial charge in [-0.15, -0.1) is 0 Å².